The Morgan fingerprint density at radius 2 is 1.58 bits per heavy atom. The molecular weight excluding hydrogens is 689 g/mol. The van der Waals surface area contributed by atoms with Crippen LogP contribution in [0.15, 0.2) is 103 Å². The van der Waals surface area contributed by atoms with Gasteiger partial charge in [0.05, 0.1) is 48.8 Å². The molecule has 10 nitrogen and oxygen atoms in total. The molecule has 4 aromatic carbocycles. The first kappa shape index (κ1) is 33.5. The molecule has 0 bridgehead atoms. The molecule has 4 aliphatic rings. The van der Waals surface area contributed by atoms with Crippen LogP contribution in [0.25, 0.3) is 0 Å². The number of phenolic OH excluding ortho intramolecular Hbond substituents is 1. The molecule has 6 unspecified atom stereocenters. The maximum absolute atomic E-state index is 15.3. The van der Waals surface area contributed by atoms with Crippen LogP contribution in [0.1, 0.15) is 29.9 Å². The minimum absolute atomic E-state index is 0.0409. The van der Waals surface area contributed by atoms with Crippen molar-refractivity contribution < 1.29 is 38.1 Å². The normalized spacial score (nSPS) is 26.5. The summed E-state index contributed by atoms with van der Waals surface area (Å²) >= 11 is 6.37. The van der Waals surface area contributed by atoms with E-state index in [9.17, 15) is 23.9 Å². The number of allylic oxidation sites excluding steroid dienone is 2. The van der Waals surface area contributed by atoms with Crippen LogP contribution in [0.2, 0.25) is 5.02 Å². The van der Waals surface area contributed by atoms with E-state index in [0.717, 1.165) is 5.01 Å². The molecular formula is C40H33ClFN3O7. The lowest BCUT2D eigenvalue weighted by molar-refractivity contribution is -0.138. The molecule has 0 radical (unpaired) electrons. The Bertz CT molecular complexity index is 2160. The number of hydrogen-bond donors (Lipinski definition) is 2. The molecule has 2 heterocycles. The van der Waals surface area contributed by atoms with Gasteiger partial charge in [-0.25, -0.2) is 4.39 Å². The highest BCUT2D eigenvalue weighted by atomic mass is 35.5. The van der Waals surface area contributed by atoms with E-state index in [2.05, 4.69) is 5.43 Å². The second-order valence-corrected chi connectivity index (χ2v) is 13.9. The summed E-state index contributed by atoms with van der Waals surface area (Å²) in [7, 11) is 2.87. The molecule has 3 fully saturated rings. The zero-order chi connectivity index (χ0) is 36.5. The van der Waals surface area contributed by atoms with Crippen molar-refractivity contribution in [2.24, 2.45) is 23.7 Å². The number of carbonyl (C=O) groups is 4. The number of anilines is 2. The number of rotatable bonds is 7. The molecule has 2 aliphatic heterocycles. The number of fused-ring (bicyclic) bond motifs is 4. The van der Waals surface area contributed by atoms with Crippen LogP contribution in [0.5, 0.6) is 17.2 Å². The molecule has 52 heavy (non-hydrogen) atoms. The topological polar surface area (TPSA) is 125 Å². The van der Waals surface area contributed by atoms with Crippen LogP contribution >= 0.6 is 11.6 Å². The number of amides is 4. The Kier molecular flexibility index (Phi) is 8.06. The van der Waals surface area contributed by atoms with Crippen molar-refractivity contribution in [3.8, 4) is 17.2 Å². The van der Waals surface area contributed by atoms with Crippen molar-refractivity contribution >= 4 is 46.6 Å². The number of phenols is 1. The van der Waals surface area contributed by atoms with Gasteiger partial charge in [0.15, 0.2) is 0 Å². The van der Waals surface area contributed by atoms with Gasteiger partial charge in [-0.05, 0) is 72.9 Å². The average molecular weight is 722 g/mol. The summed E-state index contributed by atoms with van der Waals surface area (Å²) in [4.78, 5) is 59.8. The molecule has 0 aromatic heterocycles. The Labute approximate surface area is 303 Å². The number of hydrogen-bond acceptors (Lipinski definition) is 8. The number of ether oxygens (including phenoxy) is 2. The molecule has 6 atom stereocenters. The largest absolute Gasteiger partial charge is 0.507 e. The number of nitrogens with zero attached hydrogens (tertiary/aromatic N) is 2. The van der Waals surface area contributed by atoms with E-state index < -0.39 is 58.5 Å². The number of halogens is 2. The fraction of sp³-hybridized carbons (Fsp3) is 0.250. The maximum Gasteiger partial charge on any atom is 0.260 e. The van der Waals surface area contributed by atoms with Crippen molar-refractivity contribution in [1.29, 1.82) is 0 Å². The first-order valence-electron chi connectivity index (χ1n) is 16.8. The number of benzene rings is 4. The second kappa shape index (κ2) is 12.5. The van der Waals surface area contributed by atoms with E-state index in [1.165, 1.54) is 49.5 Å². The first-order valence-corrected chi connectivity index (χ1v) is 17.2. The van der Waals surface area contributed by atoms with E-state index in [4.69, 9.17) is 21.1 Å². The standard InChI is InChI=1S/C40H33ClFN3O7/c1-51-26-18-31(46)34(32(19-26)52-2)35-27-16-17-28-33(38(49)44(36(28)47)25-6-4-3-5-7-25)29(27)20-30-37(48)45(43-24-14-12-23(42)13-15-24)39(50)40(30,35)21-8-10-22(41)11-9-21/h3-16,18-19,28-30,33,35,43,46H,17,20H2,1-2H3. The first-order chi connectivity index (χ1) is 25.1. The van der Waals surface area contributed by atoms with Gasteiger partial charge >= 0.3 is 0 Å². The van der Waals surface area contributed by atoms with E-state index >= 15 is 4.79 Å². The third-order valence-corrected chi connectivity index (χ3v) is 11.4. The third kappa shape index (κ3) is 4.82. The summed E-state index contributed by atoms with van der Waals surface area (Å²) in [6.45, 7) is 0. The zero-order valence-corrected chi connectivity index (χ0v) is 28.8. The van der Waals surface area contributed by atoms with Crippen molar-refractivity contribution in [3.63, 3.8) is 0 Å². The van der Waals surface area contributed by atoms with Crippen LogP contribution in [0, 0.1) is 29.5 Å². The highest BCUT2D eigenvalue weighted by molar-refractivity contribution is 6.30. The molecule has 1 saturated carbocycles. The molecule has 12 heteroatoms. The summed E-state index contributed by atoms with van der Waals surface area (Å²) in [5.41, 5.74) is 3.26. The van der Waals surface area contributed by atoms with Gasteiger partial charge in [-0.2, -0.15) is 5.01 Å². The van der Waals surface area contributed by atoms with Crippen LogP contribution < -0.4 is 19.8 Å². The van der Waals surface area contributed by atoms with Gasteiger partial charge in [-0.15, -0.1) is 0 Å². The highest BCUT2D eigenvalue weighted by Gasteiger charge is 2.71. The van der Waals surface area contributed by atoms with Gasteiger partial charge in [-0.3, -0.25) is 29.5 Å². The number of aromatic hydroxyl groups is 1. The fourth-order valence-corrected chi connectivity index (χ4v) is 9.09. The number of imide groups is 2. The number of methoxy groups -OCH3 is 2. The SMILES string of the molecule is COc1cc(O)c(C2C3=CCC4C(=O)N(c5ccccc5)C(=O)C4C3CC3C(=O)N(Nc4ccc(F)cc4)C(=O)C32c2ccc(Cl)cc2)c(OC)c1. The Morgan fingerprint density at radius 3 is 2.25 bits per heavy atom. The highest BCUT2D eigenvalue weighted by Crippen LogP contribution is 2.66. The van der Waals surface area contributed by atoms with Gasteiger partial charge in [0.2, 0.25) is 11.8 Å². The van der Waals surface area contributed by atoms with E-state index in [1.54, 1.807) is 60.7 Å². The predicted molar refractivity (Wildman–Crippen MR) is 189 cm³/mol. The summed E-state index contributed by atoms with van der Waals surface area (Å²) in [5, 5.41) is 13.2. The van der Waals surface area contributed by atoms with Crippen molar-refractivity contribution in [2.75, 3.05) is 24.5 Å². The van der Waals surface area contributed by atoms with Crippen LogP contribution in [0.3, 0.4) is 0 Å². The quantitative estimate of drug-likeness (QED) is 0.166. The predicted octanol–water partition coefficient (Wildman–Crippen LogP) is 6.39. The van der Waals surface area contributed by atoms with E-state index in [0.29, 0.717) is 33.3 Å². The van der Waals surface area contributed by atoms with Gasteiger partial charge < -0.3 is 14.6 Å². The number of nitrogens with one attached hydrogen (secondary N) is 1. The monoisotopic (exact) mass is 721 g/mol. The van der Waals surface area contributed by atoms with E-state index in [-0.39, 0.29) is 35.8 Å². The summed E-state index contributed by atoms with van der Waals surface area (Å²) in [6, 6.07) is 23.6. The lowest BCUT2D eigenvalue weighted by Crippen LogP contribution is -2.53. The van der Waals surface area contributed by atoms with Crippen molar-refractivity contribution in [2.45, 2.75) is 24.2 Å². The van der Waals surface area contributed by atoms with Crippen LogP contribution in [0.4, 0.5) is 15.8 Å². The molecule has 0 spiro atoms. The third-order valence-electron chi connectivity index (χ3n) is 11.1. The molecule has 8 rings (SSSR count). The van der Waals surface area contributed by atoms with Gasteiger partial charge in [0.25, 0.3) is 11.8 Å². The number of para-hydroxylation sites is 1. The van der Waals surface area contributed by atoms with Gasteiger partial charge in [0.1, 0.15) is 23.1 Å². The Morgan fingerprint density at radius 1 is 0.865 bits per heavy atom. The molecule has 4 amide bonds. The lowest BCUT2D eigenvalue weighted by atomic mass is 9.49. The number of hydrazine groups is 1. The average Bonchev–Trinajstić information content (AvgIpc) is 3.53. The van der Waals surface area contributed by atoms with Gasteiger partial charge in [0, 0.05) is 28.6 Å². The summed E-state index contributed by atoms with van der Waals surface area (Å²) < 4.78 is 25.2. The van der Waals surface area contributed by atoms with Crippen molar-refractivity contribution in [3.05, 3.63) is 125 Å². The van der Waals surface area contributed by atoms with Crippen molar-refractivity contribution in [1.82, 2.24) is 5.01 Å². The van der Waals surface area contributed by atoms with E-state index in [1.807, 2.05) is 6.08 Å². The Balaban J connectivity index is 1.37. The zero-order valence-electron chi connectivity index (χ0n) is 28.1. The fourth-order valence-electron chi connectivity index (χ4n) is 8.96. The maximum atomic E-state index is 15.3. The van der Waals surface area contributed by atoms with Gasteiger partial charge in [-0.1, -0.05) is 53.6 Å². The summed E-state index contributed by atoms with van der Waals surface area (Å²) in [5.74, 6) is -6.56. The second-order valence-electron chi connectivity index (χ2n) is 13.5. The molecule has 2 saturated heterocycles. The molecule has 264 valence electrons. The van der Waals surface area contributed by atoms with Crippen LogP contribution in [-0.2, 0) is 24.6 Å². The number of carbonyl (C=O) groups excluding carboxylic acids is 4. The summed E-state index contributed by atoms with van der Waals surface area (Å²) in [6.07, 6.45) is 2.13. The van der Waals surface area contributed by atoms with Crippen LogP contribution in [-0.4, -0.2) is 48.0 Å². The smallest absolute Gasteiger partial charge is 0.260 e. The lowest BCUT2D eigenvalue weighted by Gasteiger charge is -2.50. The minimum Gasteiger partial charge on any atom is -0.507 e. The Hall–Kier alpha value is -5.68. The minimum atomic E-state index is -1.70. The molecule has 4 aromatic rings. The molecule has 2 N–H and O–H groups in total. The molecule has 2 aliphatic carbocycles.